The van der Waals surface area contributed by atoms with Crippen LogP contribution >= 0.6 is 0 Å². The highest BCUT2D eigenvalue weighted by Gasteiger charge is 2.27. The molecule has 172 valence electrons. The zero-order chi connectivity index (χ0) is 23.0. The van der Waals surface area contributed by atoms with E-state index in [9.17, 15) is 9.90 Å². The Morgan fingerprint density at radius 2 is 1.97 bits per heavy atom. The fourth-order valence-corrected chi connectivity index (χ4v) is 4.28. The van der Waals surface area contributed by atoms with Crippen LogP contribution in [0.5, 0.6) is 0 Å². The molecular formula is C26H30N4O3. The number of aliphatic carboxylic acids is 1. The summed E-state index contributed by atoms with van der Waals surface area (Å²) in [6.45, 7) is 1.68. The fraction of sp³-hybridized carbons (Fsp3) is 0.308. The second kappa shape index (κ2) is 10.9. The van der Waals surface area contributed by atoms with Gasteiger partial charge < -0.3 is 25.8 Å². The Kier molecular flexibility index (Phi) is 7.55. The fourth-order valence-electron chi connectivity index (χ4n) is 4.28. The second-order valence-electron chi connectivity index (χ2n) is 8.21. The summed E-state index contributed by atoms with van der Waals surface area (Å²) in [4.78, 5) is 16.1. The molecular weight excluding hydrogens is 416 g/mol. The number of nitrogens with one attached hydrogen (secondary N) is 3. The minimum absolute atomic E-state index is 0.0808. The highest BCUT2D eigenvalue weighted by molar-refractivity contribution is 5.76. The molecule has 3 aromatic rings. The highest BCUT2D eigenvalue weighted by atomic mass is 16.5. The number of nitrogens with zero attached hydrogens (tertiary/aromatic N) is 1. The quantitative estimate of drug-likeness (QED) is 0.377. The minimum atomic E-state index is -0.874. The maximum Gasteiger partial charge on any atom is 0.313 e. The van der Waals surface area contributed by atoms with Gasteiger partial charge in [-0.2, -0.15) is 0 Å². The smallest absolute Gasteiger partial charge is 0.313 e. The Bertz CT molecular complexity index is 1060. The van der Waals surface area contributed by atoms with Gasteiger partial charge >= 0.3 is 5.97 Å². The van der Waals surface area contributed by atoms with Crippen molar-refractivity contribution in [3.05, 3.63) is 89.6 Å². The topological polar surface area (TPSA) is 95.5 Å². The maximum absolute atomic E-state index is 11.6. The van der Waals surface area contributed by atoms with Crippen LogP contribution in [0, 0.1) is 0 Å². The van der Waals surface area contributed by atoms with Crippen LogP contribution in [0.25, 0.3) is 0 Å². The summed E-state index contributed by atoms with van der Waals surface area (Å²) in [5, 5.41) is 20.3. The summed E-state index contributed by atoms with van der Waals surface area (Å²) in [6, 6.07) is 22.3. The summed E-state index contributed by atoms with van der Waals surface area (Å²) in [5.41, 5.74) is 4.08. The standard InChI is InChI=1S/C26H30N4O3/c1-33-17-21(26(31)32)20-10-5-7-18(15-20)12-14-27-24(19-8-3-2-4-9-19)23-16-29-22-11-6-13-28-25(22)30-23/h2-11,13,15,21,23-24,27,29H,12,14,16-17H2,1H3,(H,28,30)(H,31,32)/t21-,23-,24-/m1/s1. The first-order chi connectivity index (χ1) is 16.2. The molecule has 3 atom stereocenters. The number of carbonyl (C=O) groups is 1. The Labute approximate surface area is 194 Å². The van der Waals surface area contributed by atoms with Gasteiger partial charge in [0.2, 0.25) is 0 Å². The zero-order valence-electron chi connectivity index (χ0n) is 18.7. The SMILES string of the molecule is COC[C@@H](C(=O)O)c1cccc(CCN[C@H](c2ccccc2)[C@H]2CNc3cccnc3N2)c1. The molecule has 4 rings (SSSR count). The maximum atomic E-state index is 11.6. The van der Waals surface area contributed by atoms with Gasteiger partial charge in [0.15, 0.2) is 0 Å². The Hall–Kier alpha value is -3.42. The van der Waals surface area contributed by atoms with Gasteiger partial charge in [0.1, 0.15) is 11.7 Å². The van der Waals surface area contributed by atoms with Crippen LogP contribution in [0.4, 0.5) is 11.5 Å². The summed E-state index contributed by atoms with van der Waals surface area (Å²) in [5.74, 6) is -0.673. The molecule has 0 unspecified atom stereocenters. The van der Waals surface area contributed by atoms with Crippen LogP contribution in [0.1, 0.15) is 28.7 Å². The second-order valence-corrected chi connectivity index (χ2v) is 8.21. The Morgan fingerprint density at radius 1 is 1.15 bits per heavy atom. The Morgan fingerprint density at radius 3 is 2.76 bits per heavy atom. The number of methoxy groups -OCH3 is 1. The molecule has 0 spiro atoms. The van der Waals surface area contributed by atoms with E-state index in [2.05, 4.69) is 45.2 Å². The van der Waals surface area contributed by atoms with Gasteiger partial charge in [-0.3, -0.25) is 4.79 Å². The van der Waals surface area contributed by atoms with Crippen molar-refractivity contribution in [1.82, 2.24) is 10.3 Å². The minimum Gasteiger partial charge on any atom is -0.481 e. The highest BCUT2D eigenvalue weighted by Crippen LogP contribution is 2.28. The lowest BCUT2D eigenvalue weighted by atomic mass is 9.96. The third-order valence-corrected chi connectivity index (χ3v) is 5.97. The van der Waals surface area contributed by atoms with Crippen molar-refractivity contribution in [2.75, 3.05) is 37.4 Å². The van der Waals surface area contributed by atoms with Crippen molar-refractivity contribution >= 4 is 17.5 Å². The Balaban J connectivity index is 1.45. The molecule has 1 aromatic heterocycles. The van der Waals surface area contributed by atoms with Crippen LogP contribution in [0.3, 0.4) is 0 Å². The molecule has 0 saturated heterocycles. The normalized spacial score (nSPS) is 16.7. The lowest BCUT2D eigenvalue weighted by Gasteiger charge is -2.34. The molecule has 0 aliphatic carbocycles. The van der Waals surface area contributed by atoms with Gasteiger partial charge in [-0.05, 0) is 41.8 Å². The van der Waals surface area contributed by atoms with E-state index in [0.29, 0.717) is 0 Å². The number of carboxylic acids is 1. The summed E-state index contributed by atoms with van der Waals surface area (Å²) in [6.07, 6.45) is 2.58. The summed E-state index contributed by atoms with van der Waals surface area (Å²) in [7, 11) is 1.52. The van der Waals surface area contributed by atoms with Gasteiger partial charge in [-0.1, -0.05) is 54.6 Å². The molecule has 0 bridgehead atoms. The van der Waals surface area contributed by atoms with Crippen LogP contribution < -0.4 is 16.0 Å². The average Bonchev–Trinajstić information content (AvgIpc) is 2.85. The summed E-state index contributed by atoms with van der Waals surface area (Å²) < 4.78 is 5.10. The molecule has 4 N–H and O–H groups in total. The number of carboxylic acid groups (broad SMARTS) is 1. The third kappa shape index (κ3) is 5.69. The van der Waals surface area contributed by atoms with Crippen LogP contribution in [0.15, 0.2) is 72.9 Å². The lowest BCUT2D eigenvalue weighted by molar-refractivity contribution is -0.140. The van der Waals surface area contributed by atoms with Gasteiger partial charge in [-0.15, -0.1) is 0 Å². The van der Waals surface area contributed by atoms with Gasteiger partial charge in [0, 0.05) is 19.9 Å². The monoisotopic (exact) mass is 446 g/mol. The van der Waals surface area contributed by atoms with Crippen molar-refractivity contribution in [2.45, 2.75) is 24.4 Å². The third-order valence-electron chi connectivity index (χ3n) is 5.97. The van der Waals surface area contributed by atoms with Crippen molar-refractivity contribution in [1.29, 1.82) is 0 Å². The first-order valence-electron chi connectivity index (χ1n) is 11.2. The molecule has 33 heavy (non-hydrogen) atoms. The average molecular weight is 447 g/mol. The van der Waals surface area contributed by atoms with Crippen molar-refractivity contribution in [3.8, 4) is 0 Å². The van der Waals surface area contributed by atoms with Crippen LogP contribution in [-0.4, -0.2) is 48.9 Å². The molecule has 0 amide bonds. The van der Waals surface area contributed by atoms with Crippen molar-refractivity contribution in [3.63, 3.8) is 0 Å². The molecule has 2 aromatic carbocycles. The van der Waals surface area contributed by atoms with Gasteiger partial charge in [-0.25, -0.2) is 4.98 Å². The largest absolute Gasteiger partial charge is 0.481 e. The number of fused-ring (bicyclic) bond motifs is 1. The first kappa shape index (κ1) is 22.8. The van der Waals surface area contributed by atoms with E-state index in [0.717, 1.165) is 42.1 Å². The van der Waals surface area contributed by atoms with Gasteiger partial charge in [0.25, 0.3) is 0 Å². The van der Waals surface area contributed by atoms with Gasteiger partial charge in [0.05, 0.1) is 24.4 Å². The number of pyridine rings is 1. The molecule has 0 radical (unpaired) electrons. The van der Waals surface area contributed by atoms with E-state index in [1.165, 1.54) is 12.7 Å². The molecule has 2 heterocycles. The molecule has 0 saturated carbocycles. The number of ether oxygens (including phenoxy) is 1. The van der Waals surface area contributed by atoms with Crippen LogP contribution in [-0.2, 0) is 16.0 Å². The molecule has 7 heteroatoms. The zero-order valence-corrected chi connectivity index (χ0v) is 18.7. The number of hydrogen-bond donors (Lipinski definition) is 4. The predicted molar refractivity (Wildman–Crippen MR) is 130 cm³/mol. The number of benzene rings is 2. The molecule has 0 fully saturated rings. The molecule has 7 nitrogen and oxygen atoms in total. The molecule has 1 aliphatic rings. The number of hydrogen-bond acceptors (Lipinski definition) is 6. The van der Waals surface area contributed by atoms with E-state index in [4.69, 9.17) is 4.74 Å². The predicted octanol–water partition coefficient (Wildman–Crippen LogP) is 3.68. The number of rotatable bonds is 10. The lowest BCUT2D eigenvalue weighted by Crippen LogP contribution is -2.44. The van der Waals surface area contributed by atoms with E-state index in [-0.39, 0.29) is 18.7 Å². The first-order valence-corrected chi connectivity index (χ1v) is 11.2. The van der Waals surface area contributed by atoms with Crippen molar-refractivity contribution in [2.24, 2.45) is 0 Å². The summed E-state index contributed by atoms with van der Waals surface area (Å²) >= 11 is 0. The van der Waals surface area contributed by atoms with Crippen LogP contribution in [0.2, 0.25) is 0 Å². The van der Waals surface area contributed by atoms with E-state index in [1.807, 2.05) is 42.5 Å². The molecule has 1 aliphatic heterocycles. The number of anilines is 2. The van der Waals surface area contributed by atoms with E-state index in [1.54, 1.807) is 6.20 Å². The van der Waals surface area contributed by atoms with E-state index >= 15 is 0 Å². The van der Waals surface area contributed by atoms with Crippen molar-refractivity contribution < 1.29 is 14.6 Å². The van der Waals surface area contributed by atoms with E-state index < -0.39 is 11.9 Å². The number of aromatic nitrogens is 1.